The minimum absolute atomic E-state index is 0.0332. The molecule has 166 valence electrons. The molecule has 0 atom stereocenters. The molecule has 33 heavy (non-hydrogen) atoms. The van der Waals surface area contributed by atoms with E-state index >= 15 is 0 Å². The van der Waals surface area contributed by atoms with Crippen molar-refractivity contribution in [2.24, 2.45) is 0 Å². The van der Waals surface area contributed by atoms with E-state index in [1.165, 1.54) is 0 Å². The second-order valence-electron chi connectivity index (χ2n) is 8.01. The molecular formula is C26H22ClN3O3. The highest BCUT2D eigenvalue weighted by atomic mass is 35.5. The first kappa shape index (κ1) is 22.3. The average Bonchev–Trinajstić information content (AvgIpc) is 2.97. The normalized spacial score (nSPS) is 13.5. The van der Waals surface area contributed by atoms with Crippen molar-refractivity contribution in [1.29, 1.82) is 0 Å². The Bertz CT molecular complexity index is 1290. The third-order valence-corrected chi connectivity index (χ3v) is 5.54. The van der Waals surface area contributed by atoms with Crippen LogP contribution < -0.4 is 15.5 Å². The predicted molar refractivity (Wildman–Crippen MR) is 130 cm³/mol. The number of nitrogens with zero attached hydrogens (tertiary/aromatic N) is 1. The fourth-order valence-electron chi connectivity index (χ4n) is 3.67. The minimum atomic E-state index is -0.600. The van der Waals surface area contributed by atoms with Gasteiger partial charge in [0.1, 0.15) is 10.7 Å². The lowest BCUT2D eigenvalue weighted by atomic mass is 10.1. The van der Waals surface area contributed by atoms with Gasteiger partial charge >= 0.3 is 0 Å². The summed E-state index contributed by atoms with van der Waals surface area (Å²) in [5, 5.41) is 5.60. The summed E-state index contributed by atoms with van der Waals surface area (Å²) in [6.45, 7) is 5.84. The zero-order valence-electron chi connectivity index (χ0n) is 18.4. The summed E-state index contributed by atoms with van der Waals surface area (Å²) in [5.41, 5.74) is 5.06. The number of rotatable bonds is 5. The Labute approximate surface area is 196 Å². The Morgan fingerprint density at radius 1 is 0.788 bits per heavy atom. The number of carbonyl (C=O) groups excluding carboxylic acids is 3. The van der Waals surface area contributed by atoms with Crippen molar-refractivity contribution < 1.29 is 14.4 Å². The van der Waals surface area contributed by atoms with Gasteiger partial charge in [-0.3, -0.25) is 14.4 Å². The number of carbonyl (C=O) groups is 3. The van der Waals surface area contributed by atoms with Crippen LogP contribution in [0.1, 0.15) is 27.0 Å². The van der Waals surface area contributed by atoms with Crippen LogP contribution in [0, 0.1) is 20.8 Å². The SMILES string of the molecule is Cc1ccc(N2C(=O)C(Cl)=C(Nc3cccc(C(=O)Nc4cc(C)cc(C)c4)c3)C2=O)cc1. The molecule has 1 heterocycles. The molecule has 0 saturated heterocycles. The van der Waals surface area contributed by atoms with Crippen LogP contribution in [0.3, 0.4) is 0 Å². The third kappa shape index (κ3) is 4.66. The summed E-state index contributed by atoms with van der Waals surface area (Å²) in [6.07, 6.45) is 0. The standard InChI is InChI=1S/C26H22ClN3O3/c1-15-7-9-21(10-8-15)30-25(32)22(27)23(26(30)33)28-19-6-4-5-18(14-19)24(31)29-20-12-16(2)11-17(3)13-20/h4-14,28H,1-3H3,(H,29,31). The Morgan fingerprint density at radius 2 is 1.45 bits per heavy atom. The molecule has 0 spiro atoms. The predicted octanol–water partition coefficient (Wildman–Crippen LogP) is 5.30. The fourth-order valence-corrected chi connectivity index (χ4v) is 3.88. The topological polar surface area (TPSA) is 78.5 Å². The summed E-state index contributed by atoms with van der Waals surface area (Å²) in [6, 6.07) is 19.5. The highest BCUT2D eigenvalue weighted by molar-refractivity contribution is 6.53. The first-order chi connectivity index (χ1) is 15.7. The molecule has 6 nitrogen and oxygen atoms in total. The molecule has 1 aliphatic heterocycles. The van der Waals surface area contributed by atoms with E-state index in [2.05, 4.69) is 10.6 Å². The average molecular weight is 460 g/mol. The molecule has 0 radical (unpaired) electrons. The van der Waals surface area contributed by atoms with Crippen molar-refractivity contribution in [3.05, 3.63) is 99.7 Å². The molecule has 4 rings (SSSR count). The number of aryl methyl sites for hydroxylation is 3. The number of imide groups is 1. The number of halogens is 1. The Balaban J connectivity index is 1.54. The largest absolute Gasteiger partial charge is 0.350 e. The van der Waals surface area contributed by atoms with Crippen molar-refractivity contribution in [1.82, 2.24) is 0 Å². The van der Waals surface area contributed by atoms with E-state index in [-0.39, 0.29) is 16.6 Å². The van der Waals surface area contributed by atoms with Gasteiger partial charge in [-0.15, -0.1) is 0 Å². The van der Waals surface area contributed by atoms with Crippen molar-refractivity contribution in [3.63, 3.8) is 0 Å². The second kappa shape index (κ2) is 8.92. The molecule has 0 aromatic heterocycles. The third-order valence-electron chi connectivity index (χ3n) is 5.19. The van der Waals surface area contributed by atoms with Gasteiger partial charge in [-0.25, -0.2) is 4.90 Å². The van der Waals surface area contributed by atoms with E-state index in [1.54, 1.807) is 36.4 Å². The number of hydrogen-bond donors (Lipinski definition) is 2. The molecule has 0 bridgehead atoms. The maximum Gasteiger partial charge on any atom is 0.283 e. The Kier molecular flexibility index (Phi) is 6.03. The van der Waals surface area contributed by atoms with Gasteiger partial charge in [-0.2, -0.15) is 0 Å². The van der Waals surface area contributed by atoms with Crippen LogP contribution in [0.2, 0.25) is 0 Å². The van der Waals surface area contributed by atoms with Crippen LogP contribution in [-0.2, 0) is 9.59 Å². The number of benzene rings is 3. The molecule has 0 aliphatic carbocycles. The molecule has 0 unspecified atom stereocenters. The second-order valence-corrected chi connectivity index (χ2v) is 8.38. The zero-order chi connectivity index (χ0) is 23.7. The van der Waals surface area contributed by atoms with Crippen LogP contribution in [0.15, 0.2) is 77.5 Å². The summed E-state index contributed by atoms with van der Waals surface area (Å²) in [7, 11) is 0. The van der Waals surface area contributed by atoms with Gasteiger partial charge in [0.05, 0.1) is 5.69 Å². The van der Waals surface area contributed by atoms with Gasteiger partial charge in [-0.1, -0.05) is 41.4 Å². The van der Waals surface area contributed by atoms with Crippen molar-refractivity contribution in [2.75, 3.05) is 15.5 Å². The van der Waals surface area contributed by atoms with Crippen LogP contribution in [0.5, 0.6) is 0 Å². The first-order valence-corrected chi connectivity index (χ1v) is 10.7. The van der Waals surface area contributed by atoms with Crippen LogP contribution in [0.4, 0.5) is 17.1 Å². The van der Waals surface area contributed by atoms with Gasteiger partial charge in [0.25, 0.3) is 17.7 Å². The number of nitrogens with one attached hydrogen (secondary N) is 2. The highest BCUT2D eigenvalue weighted by Crippen LogP contribution is 2.30. The molecule has 2 N–H and O–H groups in total. The van der Waals surface area contributed by atoms with Crippen LogP contribution >= 0.6 is 11.6 Å². The number of amides is 3. The van der Waals surface area contributed by atoms with Crippen molar-refractivity contribution in [2.45, 2.75) is 20.8 Å². The van der Waals surface area contributed by atoms with E-state index in [1.807, 2.05) is 51.1 Å². The van der Waals surface area contributed by atoms with Gasteiger partial charge in [0.2, 0.25) is 0 Å². The van der Waals surface area contributed by atoms with Crippen LogP contribution in [-0.4, -0.2) is 17.7 Å². The van der Waals surface area contributed by atoms with Crippen LogP contribution in [0.25, 0.3) is 0 Å². The Morgan fingerprint density at radius 3 is 2.12 bits per heavy atom. The van der Waals surface area contributed by atoms with Gasteiger partial charge < -0.3 is 10.6 Å². The van der Waals surface area contributed by atoms with Crippen molar-refractivity contribution in [3.8, 4) is 0 Å². The maximum absolute atomic E-state index is 13.0. The number of anilines is 3. The summed E-state index contributed by atoms with van der Waals surface area (Å²) < 4.78 is 0. The first-order valence-electron chi connectivity index (χ1n) is 10.3. The monoisotopic (exact) mass is 459 g/mol. The molecule has 7 heteroatoms. The van der Waals surface area contributed by atoms with Crippen molar-refractivity contribution >= 4 is 46.4 Å². The molecule has 3 aromatic rings. The number of hydrogen-bond acceptors (Lipinski definition) is 4. The maximum atomic E-state index is 13.0. The molecule has 3 aromatic carbocycles. The minimum Gasteiger partial charge on any atom is -0.350 e. The van der Waals surface area contributed by atoms with E-state index < -0.39 is 11.8 Å². The van der Waals surface area contributed by atoms with E-state index in [0.717, 1.165) is 21.6 Å². The molecule has 1 aliphatic rings. The van der Waals surface area contributed by atoms with Gasteiger partial charge in [0, 0.05) is 16.9 Å². The summed E-state index contributed by atoms with van der Waals surface area (Å²) in [4.78, 5) is 39.4. The quantitative estimate of drug-likeness (QED) is 0.507. The summed E-state index contributed by atoms with van der Waals surface area (Å²) >= 11 is 6.21. The van der Waals surface area contributed by atoms with E-state index in [4.69, 9.17) is 11.6 Å². The van der Waals surface area contributed by atoms with Gasteiger partial charge in [0.15, 0.2) is 0 Å². The lowest BCUT2D eigenvalue weighted by Gasteiger charge is -2.15. The molecular weight excluding hydrogens is 438 g/mol. The molecule has 3 amide bonds. The molecule has 0 saturated carbocycles. The smallest absolute Gasteiger partial charge is 0.283 e. The lowest BCUT2D eigenvalue weighted by molar-refractivity contribution is -0.120. The fraction of sp³-hybridized carbons (Fsp3) is 0.115. The van der Waals surface area contributed by atoms with Gasteiger partial charge in [-0.05, 0) is 74.4 Å². The highest BCUT2D eigenvalue weighted by Gasteiger charge is 2.38. The Hall–Kier alpha value is -3.90. The van der Waals surface area contributed by atoms with E-state index in [9.17, 15) is 14.4 Å². The summed E-state index contributed by atoms with van der Waals surface area (Å²) in [5.74, 6) is -1.45. The molecule has 0 fully saturated rings. The zero-order valence-corrected chi connectivity index (χ0v) is 19.2. The lowest BCUT2D eigenvalue weighted by Crippen LogP contribution is -2.32. The van der Waals surface area contributed by atoms with E-state index in [0.29, 0.717) is 22.6 Å².